The number of hydrogen-bond donors (Lipinski definition) is 2. The van der Waals surface area contributed by atoms with Gasteiger partial charge in [0.15, 0.2) is 5.69 Å². The number of pyridine rings is 2. The first kappa shape index (κ1) is 28.0. The molecule has 0 bridgehead atoms. The lowest BCUT2D eigenvalue weighted by Gasteiger charge is -2.19. The lowest BCUT2D eigenvalue weighted by molar-refractivity contribution is 0.0584. The van der Waals surface area contributed by atoms with Crippen LogP contribution >= 0.6 is 31.9 Å². The first-order chi connectivity index (χ1) is 15.2. The van der Waals surface area contributed by atoms with Gasteiger partial charge in [-0.3, -0.25) is 5.32 Å². The fourth-order valence-corrected chi connectivity index (χ4v) is 2.86. The Balaban J connectivity index is 0.000000346. The maximum Gasteiger partial charge on any atom is 0.413 e. The van der Waals surface area contributed by atoms with Gasteiger partial charge < -0.3 is 19.3 Å². The van der Waals surface area contributed by atoms with E-state index < -0.39 is 29.6 Å². The summed E-state index contributed by atoms with van der Waals surface area (Å²) in [6.07, 6.45) is -0.645. The molecular formula is C20H21Br2N3O8. The summed E-state index contributed by atoms with van der Waals surface area (Å²) in [6.45, 7) is 5.25. The van der Waals surface area contributed by atoms with Crippen molar-refractivity contribution in [2.75, 3.05) is 19.5 Å². The molecular weight excluding hydrogens is 570 g/mol. The maximum absolute atomic E-state index is 11.6. The van der Waals surface area contributed by atoms with Crippen LogP contribution in [0.3, 0.4) is 0 Å². The molecule has 178 valence electrons. The van der Waals surface area contributed by atoms with Crippen molar-refractivity contribution in [1.29, 1.82) is 0 Å². The molecule has 0 radical (unpaired) electrons. The van der Waals surface area contributed by atoms with Gasteiger partial charge in [0.2, 0.25) is 0 Å². The van der Waals surface area contributed by atoms with Crippen LogP contribution in [0.4, 0.5) is 10.6 Å². The number of methoxy groups -OCH3 is 2. The molecule has 0 aliphatic carbocycles. The van der Waals surface area contributed by atoms with E-state index in [1.165, 1.54) is 32.4 Å². The van der Waals surface area contributed by atoms with Gasteiger partial charge in [0, 0.05) is 8.95 Å². The topological polar surface area (TPSA) is 154 Å². The van der Waals surface area contributed by atoms with E-state index in [0.29, 0.717) is 8.95 Å². The van der Waals surface area contributed by atoms with E-state index in [-0.39, 0.29) is 22.9 Å². The minimum absolute atomic E-state index is 0.0423. The Morgan fingerprint density at radius 1 is 0.848 bits per heavy atom. The Morgan fingerprint density at radius 3 is 1.76 bits per heavy atom. The number of ether oxygens (including phenoxy) is 3. The summed E-state index contributed by atoms with van der Waals surface area (Å²) >= 11 is 6.29. The van der Waals surface area contributed by atoms with Gasteiger partial charge >= 0.3 is 24.0 Å². The number of carbonyl (C=O) groups is 4. The van der Waals surface area contributed by atoms with Gasteiger partial charge in [0.05, 0.1) is 14.2 Å². The third-order valence-corrected chi connectivity index (χ3v) is 4.13. The van der Waals surface area contributed by atoms with Crippen molar-refractivity contribution in [3.8, 4) is 0 Å². The van der Waals surface area contributed by atoms with Crippen molar-refractivity contribution < 1.29 is 38.5 Å². The van der Waals surface area contributed by atoms with Crippen LogP contribution in [0.15, 0.2) is 33.2 Å². The number of aromatic carboxylic acids is 1. The molecule has 0 saturated carbocycles. The Morgan fingerprint density at radius 2 is 1.30 bits per heavy atom. The minimum Gasteiger partial charge on any atom is -0.477 e. The second-order valence-electron chi connectivity index (χ2n) is 7.03. The van der Waals surface area contributed by atoms with Crippen LogP contribution < -0.4 is 5.32 Å². The van der Waals surface area contributed by atoms with Crippen molar-refractivity contribution in [1.82, 2.24) is 9.97 Å². The lowest BCUT2D eigenvalue weighted by Crippen LogP contribution is -2.27. The Hall–Kier alpha value is -3.06. The van der Waals surface area contributed by atoms with Gasteiger partial charge in [-0.25, -0.2) is 29.1 Å². The molecule has 0 aromatic carbocycles. The number of halogens is 2. The summed E-state index contributed by atoms with van der Waals surface area (Å²) in [6, 6.07) is 5.73. The molecule has 0 atom stereocenters. The molecule has 0 saturated heterocycles. The molecule has 0 fully saturated rings. The number of nitrogens with one attached hydrogen (secondary N) is 1. The predicted molar refractivity (Wildman–Crippen MR) is 123 cm³/mol. The molecule has 11 nitrogen and oxygen atoms in total. The highest BCUT2D eigenvalue weighted by molar-refractivity contribution is 9.10. The fraction of sp³-hybridized carbons (Fsp3) is 0.300. The molecule has 0 aliphatic heterocycles. The van der Waals surface area contributed by atoms with E-state index in [2.05, 4.69) is 56.6 Å². The molecule has 0 unspecified atom stereocenters. The van der Waals surface area contributed by atoms with Crippen molar-refractivity contribution >= 4 is 61.7 Å². The number of carbonyl (C=O) groups excluding carboxylic acids is 3. The lowest BCUT2D eigenvalue weighted by atomic mass is 10.2. The van der Waals surface area contributed by atoms with Crippen LogP contribution in [0, 0.1) is 0 Å². The zero-order chi connectivity index (χ0) is 25.3. The van der Waals surface area contributed by atoms with Gasteiger partial charge in [0.1, 0.15) is 22.8 Å². The molecule has 33 heavy (non-hydrogen) atoms. The Kier molecular flexibility index (Phi) is 10.4. The van der Waals surface area contributed by atoms with E-state index in [0.717, 1.165) is 0 Å². The molecule has 13 heteroatoms. The normalized spacial score (nSPS) is 10.3. The van der Waals surface area contributed by atoms with Crippen molar-refractivity contribution in [2.45, 2.75) is 26.4 Å². The average Bonchev–Trinajstić information content (AvgIpc) is 2.70. The van der Waals surface area contributed by atoms with E-state index in [1.54, 1.807) is 26.8 Å². The third kappa shape index (κ3) is 9.95. The number of anilines is 1. The zero-order valence-electron chi connectivity index (χ0n) is 18.3. The summed E-state index contributed by atoms with van der Waals surface area (Å²) in [5.41, 5.74) is -0.775. The van der Waals surface area contributed by atoms with Crippen LogP contribution in [0.1, 0.15) is 52.2 Å². The first-order valence-corrected chi connectivity index (χ1v) is 10.6. The van der Waals surface area contributed by atoms with Crippen LogP contribution in [-0.2, 0) is 14.2 Å². The smallest absolute Gasteiger partial charge is 0.413 e. The van der Waals surface area contributed by atoms with E-state index in [9.17, 15) is 19.2 Å². The Labute approximate surface area is 206 Å². The summed E-state index contributed by atoms with van der Waals surface area (Å²) in [5.74, 6) is -2.26. The van der Waals surface area contributed by atoms with Crippen LogP contribution in [0.5, 0.6) is 0 Å². The van der Waals surface area contributed by atoms with Gasteiger partial charge in [-0.2, -0.15) is 0 Å². The van der Waals surface area contributed by atoms with E-state index >= 15 is 0 Å². The van der Waals surface area contributed by atoms with Crippen LogP contribution in [0.25, 0.3) is 0 Å². The van der Waals surface area contributed by atoms with Gasteiger partial charge in [0.25, 0.3) is 0 Å². The third-order valence-electron chi connectivity index (χ3n) is 3.22. The molecule has 0 spiro atoms. The average molecular weight is 591 g/mol. The number of rotatable bonds is 4. The van der Waals surface area contributed by atoms with Gasteiger partial charge in [-0.1, -0.05) is 31.9 Å². The van der Waals surface area contributed by atoms with E-state index in [4.69, 9.17) is 9.84 Å². The van der Waals surface area contributed by atoms with E-state index in [1.807, 2.05) is 0 Å². The first-order valence-electron chi connectivity index (χ1n) is 9.00. The highest BCUT2D eigenvalue weighted by Gasteiger charge is 2.18. The molecule has 2 aromatic heterocycles. The predicted octanol–water partition coefficient (Wildman–Crippen LogP) is 4.31. The molecule has 2 heterocycles. The zero-order valence-corrected chi connectivity index (χ0v) is 21.4. The molecule has 2 aromatic rings. The quantitative estimate of drug-likeness (QED) is 0.389. The standard InChI is InChI=1S/C12H15BrN2O4.C8H6BrNO4/c1-12(2,3)19-11(17)15-9-6-7(13)5-8(14-9)10(16)18-4;1-14-8(13)6-3-4(9)2-5(10-6)7(11)12/h5-6H,1-4H3,(H,14,15,17);2-3H,1H3,(H,11,12). The number of nitrogens with zero attached hydrogens (tertiary/aromatic N) is 2. The molecule has 2 N–H and O–H groups in total. The van der Waals surface area contributed by atoms with Crippen LogP contribution in [0.2, 0.25) is 0 Å². The fourth-order valence-electron chi connectivity index (χ4n) is 1.99. The SMILES string of the molecule is COC(=O)c1cc(Br)cc(C(=O)O)n1.COC(=O)c1cc(Br)cc(NC(=O)OC(C)(C)C)n1. The summed E-state index contributed by atoms with van der Waals surface area (Å²) < 4.78 is 15.1. The number of hydrogen-bond acceptors (Lipinski definition) is 9. The number of carboxylic acid groups (broad SMARTS) is 1. The highest BCUT2D eigenvalue weighted by Crippen LogP contribution is 2.18. The van der Waals surface area contributed by atoms with Gasteiger partial charge in [-0.15, -0.1) is 0 Å². The van der Waals surface area contributed by atoms with Crippen molar-refractivity contribution in [2.24, 2.45) is 0 Å². The second-order valence-corrected chi connectivity index (χ2v) is 8.86. The number of carboxylic acids is 1. The molecule has 1 amide bonds. The van der Waals surface area contributed by atoms with Crippen molar-refractivity contribution in [3.63, 3.8) is 0 Å². The monoisotopic (exact) mass is 589 g/mol. The highest BCUT2D eigenvalue weighted by atomic mass is 79.9. The number of aromatic nitrogens is 2. The summed E-state index contributed by atoms with van der Waals surface area (Å²) in [4.78, 5) is 52.1. The van der Waals surface area contributed by atoms with Crippen molar-refractivity contribution in [3.05, 3.63) is 50.3 Å². The maximum atomic E-state index is 11.6. The molecule has 0 aliphatic rings. The Bertz CT molecular complexity index is 1050. The molecule has 2 rings (SSSR count). The largest absolute Gasteiger partial charge is 0.477 e. The second kappa shape index (κ2) is 12.3. The summed E-state index contributed by atoms with van der Waals surface area (Å²) in [5, 5.41) is 11.1. The van der Waals surface area contributed by atoms with Gasteiger partial charge in [-0.05, 0) is 45.0 Å². The minimum atomic E-state index is -1.20. The number of amides is 1. The summed E-state index contributed by atoms with van der Waals surface area (Å²) in [7, 11) is 2.46. The number of esters is 2. The van der Waals surface area contributed by atoms with Crippen LogP contribution in [-0.4, -0.2) is 58.9 Å².